The van der Waals surface area contributed by atoms with E-state index < -0.39 is 11.9 Å². The molecular formula is C18H18N4O3. The van der Waals surface area contributed by atoms with Gasteiger partial charge in [0.2, 0.25) is 11.8 Å². The highest BCUT2D eigenvalue weighted by Crippen LogP contribution is 2.39. The Labute approximate surface area is 145 Å². The van der Waals surface area contributed by atoms with Crippen LogP contribution in [0.5, 0.6) is 0 Å². The molecule has 0 saturated heterocycles. The number of carbonyl (C=O) groups is 1. The van der Waals surface area contributed by atoms with Crippen LogP contribution in [-0.4, -0.2) is 5.97 Å². The Balaban J connectivity index is 2.63. The number of nitrogens with zero attached hydrogens (tertiary/aromatic N) is 2. The second kappa shape index (κ2) is 6.98. The SMILES string of the molecule is CC(=O)OCc1cc(C2C(C#N)=C(N)OC(N)=C2C#N)c(C)cc1C. The summed E-state index contributed by atoms with van der Waals surface area (Å²) in [6.07, 6.45) is 0. The molecule has 1 aromatic carbocycles. The number of rotatable bonds is 3. The molecule has 7 nitrogen and oxygen atoms in total. The molecule has 128 valence electrons. The van der Waals surface area contributed by atoms with Crippen molar-refractivity contribution in [3.8, 4) is 12.1 Å². The molecule has 1 aliphatic heterocycles. The van der Waals surface area contributed by atoms with Crippen molar-refractivity contribution >= 4 is 5.97 Å². The molecule has 0 atom stereocenters. The topological polar surface area (TPSA) is 135 Å². The first-order valence-corrected chi connectivity index (χ1v) is 7.50. The number of aryl methyl sites for hydroxylation is 2. The molecule has 0 unspecified atom stereocenters. The zero-order valence-electron chi connectivity index (χ0n) is 14.2. The molecule has 0 amide bonds. The molecule has 0 radical (unpaired) electrons. The predicted octanol–water partition coefficient (Wildman–Crippen LogP) is 1.87. The van der Waals surface area contributed by atoms with E-state index in [4.69, 9.17) is 20.9 Å². The van der Waals surface area contributed by atoms with Gasteiger partial charge < -0.3 is 20.9 Å². The first kappa shape index (κ1) is 17.9. The minimum atomic E-state index is -0.722. The number of ether oxygens (including phenoxy) is 2. The zero-order chi connectivity index (χ0) is 18.7. The Bertz CT molecular complexity index is 849. The average Bonchev–Trinajstić information content (AvgIpc) is 2.53. The van der Waals surface area contributed by atoms with Crippen LogP contribution in [0.3, 0.4) is 0 Å². The van der Waals surface area contributed by atoms with E-state index in [9.17, 15) is 15.3 Å². The van der Waals surface area contributed by atoms with Gasteiger partial charge in [0.1, 0.15) is 29.9 Å². The Morgan fingerprint density at radius 1 is 1.16 bits per heavy atom. The van der Waals surface area contributed by atoms with E-state index in [0.717, 1.165) is 16.7 Å². The number of nitrogens with two attached hydrogens (primary N) is 2. The monoisotopic (exact) mass is 338 g/mol. The summed E-state index contributed by atoms with van der Waals surface area (Å²) >= 11 is 0. The third kappa shape index (κ3) is 3.41. The van der Waals surface area contributed by atoms with E-state index in [1.54, 1.807) is 6.07 Å². The highest BCUT2D eigenvalue weighted by atomic mass is 16.5. The lowest BCUT2D eigenvalue weighted by Gasteiger charge is -2.26. The molecule has 7 heteroatoms. The number of carbonyl (C=O) groups excluding carboxylic acids is 1. The first-order chi connectivity index (χ1) is 11.8. The summed E-state index contributed by atoms with van der Waals surface area (Å²) in [5.41, 5.74) is 15.1. The van der Waals surface area contributed by atoms with Gasteiger partial charge in [-0.2, -0.15) is 10.5 Å². The third-order valence-corrected chi connectivity index (χ3v) is 4.04. The molecule has 1 aliphatic rings. The van der Waals surface area contributed by atoms with Crippen molar-refractivity contribution in [3.63, 3.8) is 0 Å². The molecule has 4 N–H and O–H groups in total. The smallest absolute Gasteiger partial charge is 0.302 e. The molecule has 0 aromatic heterocycles. The molecule has 1 heterocycles. The Morgan fingerprint density at radius 3 is 2.20 bits per heavy atom. The van der Waals surface area contributed by atoms with E-state index in [-0.39, 0.29) is 29.5 Å². The van der Waals surface area contributed by atoms with Gasteiger partial charge in [-0.25, -0.2) is 0 Å². The summed E-state index contributed by atoms with van der Waals surface area (Å²) in [6, 6.07) is 7.71. The Hall–Kier alpha value is -3.45. The van der Waals surface area contributed by atoms with Crippen LogP contribution in [0.25, 0.3) is 0 Å². The lowest BCUT2D eigenvalue weighted by molar-refractivity contribution is -0.142. The Morgan fingerprint density at radius 2 is 1.72 bits per heavy atom. The standard InChI is InChI=1S/C18H18N4O3/c1-9-4-10(2)13(5-12(9)8-24-11(3)23)16-14(6-19)17(21)25-18(22)15(16)7-20/h4-5,16H,8,21-22H2,1-3H3. The maximum atomic E-state index is 11.1. The van der Waals surface area contributed by atoms with Gasteiger partial charge in [0.15, 0.2) is 0 Å². The fourth-order valence-electron chi connectivity index (χ4n) is 2.77. The molecule has 1 aromatic rings. The number of esters is 1. The molecule has 25 heavy (non-hydrogen) atoms. The fraction of sp³-hybridized carbons (Fsp3) is 0.278. The van der Waals surface area contributed by atoms with Gasteiger partial charge in [0, 0.05) is 6.92 Å². The van der Waals surface area contributed by atoms with Crippen molar-refractivity contribution in [1.29, 1.82) is 10.5 Å². The van der Waals surface area contributed by atoms with Gasteiger partial charge in [-0.3, -0.25) is 4.79 Å². The minimum Gasteiger partial charge on any atom is -0.461 e. The lowest BCUT2D eigenvalue weighted by Crippen LogP contribution is -2.24. The van der Waals surface area contributed by atoms with Gasteiger partial charge in [0.25, 0.3) is 0 Å². The number of allylic oxidation sites excluding steroid dienone is 2. The number of nitriles is 2. The van der Waals surface area contributed by atoms with Crippen LogP contribution in [0.2, 0.25) is 0 Å². The summed E-state index contributed by atoms with van der Waals surface area (Å²) in [4.78, 5) is 11.1. The van der Waals surface area contributed by atoms with Crippen molar-refractivity contribution in [1.82, 2.24) is 0 Å². The number of hydrogen-bond acceptors (Lipinski definition) is 7. The number of hydrogen-bond donors (Lipinski definition) is 2. The second-order valence-corrected chi connectivity index (χ2v) is 5.73. The van der Waals surface area contributed by atoms with Gasteiger partial charge in [-0.1, -0.05) is 12.1 Å². The van der Waals surface area contributed by atoms with E-state index >= 15 is 0 Å². The molecular weight excluding hydrogens is 320 g/mol. The van der Waals surface area contributed by atoms with Crippen molar-refractivity contribution in [3.05, 3.63) is 57.3 Å². The molecule has 2 rings (SSSR count). The fourth-order valence-corrected chi connectivity index (χ4v) is 2.77. The largest absolute Gasteiger partial charge is 0.461 e. The average molecular weight is 338 g/mol. The Kier molecular flexibility index (Phi) is 5.00. The van der Waals surface area contributed by atoms with Crippen LogP contribution in [0, 0.1) is 36.5 Å². The van der Waals surface area contributed by atoms with Crippen molar-refractivity contribution in [2.24, 2.45) is 11.5 Å². The molecule has 0 saturated carbocycles. The molecule has 0 bridgehead atoms. The van der Waals surface area contributed by atoms with Gasteiger partial charge >= 0.3 is 5.97 Å². The van der Waals surface area contributed by atoms with Crippen LogP contribution >= 0.6 is 0 Å². The predicted molar refractivity (Wildman–Crippen MR) is 88.9 cm³/mol. The van der Waals surface area contributed by atoms with Crippen LogP contribution in [0.15, 0.2) is 35.0 Å². The summed E-state index contributed by atoms with van der Waals surface area (Å²) in [5.74, 6) is -1.35. The maximum Gasteiger partial charge on any atom is 0.302 e. The van der Waals surface area contributed by atoms with Crippen molar-refractivity contribution in [2.45, 2.75) is 33.3 Å². The number of benzene rings is 1. The lowest BCUT2D eigenvalue weighted by atomic mass is 9.81. The summed E-state index contributed by atoms with van der Waals surface area (Å²) in [7, 11) is 0. The maximum absolute atomic E-state index is 11.1. The van der Waals surface area contributed by atoms with Gasteiger partial charge in [0.05, 0.1) is 5.92 Å². The van der Waals surface area contributed by atoms with Crippen LogP contribution in [-0.2, 0) is 20.9 Å². The summed E-state index contributed by atoms with van der Waals surface area (Å²) in [5, 5.41) is 18.9. The quantitative estimate of drug-likeness (QED) is 0.803. The molecule has 0 spiro atoms. The van der Waals surface area contributed by atoms with Crippen LogP contribution in [0.4, 0.5) is 0 Å². The highest BCUT2D eigenvalue weighted by Gasteiger charge is 2.33. The van der Waals surface area contributed by atoms with Crippen LogP contribution < -0.4 is 11.5 Å². The molecule has 0 fully saturated rings. The van der Waals surface area contributed by atoms with E-state index in [2.05, 4.69) is 0 Å². The normalized spacial score (nSPS) is 14.6. The van der Waals surface area contributed by atoms with E-state index in [1.807, 2.05) is 32.1 Å². The minimum absolute atomic E-state index is 0.0971. The third-order valence-electron chi connectivity index (χ3n) is 4.04. The van der Waals surface area contributed by atoms with Gasteiger partial charge in [-0.05, 0) is 36.1 Å². The zero-order valence-corrected chi connectivity index (χ0v) is 14.2. The summed E-state index contributed by atoms with van der Waals surface area (Å²) < 4.78 is 10.2. The highest BCUT2D eigenvalue weighted by molar-refractivity contribution is 5.66. The van der Waals surface area contributed by atoms with Gasteiger partial charge in [-0.15, -0.1) is 0 Å². The molecule has 0 aliphatic carbocycles. The second-order valence-electron chi connectivity index (χ2n) is 5.73. The first-order valence-electron chi connectivity index (χ1n) is 7.50. The van der Waals surface area contributed by atoms with Crippen LogP contribution in [0.1, 0.15) is 35.1 Å². The summed E-state index contributed by atoms with van der Waals surface area (Å²) in [6.45, 7) is 5.19. The van der Waals surface area contributed by atoms with Crippen molar-refractivity contribution in [2.75, 3.05) is 0 Å². The van der Waals surface area contributed by atoms with E-state index in [0.29, 0.717) is 5.56 Å². The van der Waals surface area contributed by atoms with E-state index in [1.165, 1.54) is 6.92 Å². The van der Waals surface area contributed by atoms with Crippen molar-refractivity contribution < 1.29 is 14.3 Å².